The van der Waals surface area contributed by atoms with E-state index < -0.39 is 12.0 Å². The fourth-order valence-electron chi connectivity index (χ4n) is 1.96. The number of hydrogen-bond acceptors (Lipinski definition) is 2. The number of fused-ring (bicyclic) bond motifs is 1. The first-order valence-corrected chi connectivity index (χ1v) is 5.32. The Morgan fingerprint density at radius 2 is 2.40 bits per heavy atom. The Morgan fingerprint density at radius 3 is 3.07 bits per heavy atom. The molecule has 1 atom stereocenters. The van der Waals surface area contributed by atoms with Gasteiger partial charge in [-0.15, -0.1) is 0 Å². The summed E-state index contributed by atoms with van der Waals surface area (Å²) in [6.45, 7) is 2.12. The molecule has 0 amide bonds. The number of aliphatic carboxylic acids is 1. The number of carbonyl (C=O) groups is 1. The summed E-state index contributed by atoms with van der Waals surface area (Å²) in [6.07, 6.45) is 2.55. The van der Waals surface area contributed by atoms with Crippen LogP contribution in [0.4, 0.5) is 5.69 Å². The highest BCUT2D eigenvalue weighted by molar-refractivity contribution is 5.78. The van der Waals surface area contributed by atoms with E-state index in [0.717, 1.165) is 18.5 Å². The molecule has 15 heavy (non-hydrogen) atoms. The maximum atomic E-state index is 10.8. The van der Waals surface area contributed by atoms with Crippen molar-refractivity contribution in [2.24, 2.45) is 0 Å². The zero-order valence-electron chi connectivity index (χ0n) is 8.79. The molecule has 1 aromatic rings. The molecule has 1 aliphatic heterocycles. The standard InChI is InChI=1S/C12H15NO2/c1-2-8-3-5-10-9(7-8)4-6-11(13-10)12(14)15/h3,5,7,11,13H,2,4,6H2,1H3,(H,14,15). The van der Waals surface area contributed by atoms with Gasteiger partial charge in [0.05, 0.1) is 0 Å². The first-order valence-electron chi connectivity index (χ1n) is 5.32. The maximum Gasteiger partial charge on any atom is 0.326 e. The number of hydrogen-bond donors (Lipinski definition) is 2. The van der Waals surface area contributed by atoms with Crippen molar-refractivity contribution < 1.29 is 9.90 Å². The van der Waals surface area contributed by atoms with E-state index in [9.17, 15) is 4.79 Å². The van der Waals surface area contributed by atoms with Crippen LogP contribution >= 0.6 is 0 Å². The van der Waals surface area contributed by atoms with Crippen LogP contribution in [-0.2, 0) is 17.6 Å². The second-order valence-corrected chi connectivity index (χ2v) is 3.92. The van der Waals surface area contributed by atoms with Gasteiger partial charge in [-0.25, -0.2) is 4.79 Å². The van der Waals surface area contributed by atoms with Crippen molar-refractivity contribution in [2.45, 2.75) is 32.2 Å². The van der Waals surface area contributed by atoms with Crippen molar-refractivity contribution >= 4 is 11.7 Å². The van der Waals surface area contributed by atoms with Crippen molar-refractivity contribution in [3.63, 3.8) is 0 Å². The van der Waals surface area contributed by atoms with E-state index in [4.69, 9.17) is 5.11 Å². The van der Waals surface area contributed by atoms with Crippen LogP contribution in [0.5, 0.6) is 0 Å². The zero-order valence-corrected chi connectivity index (χ0v) is 8.79. The van der Waals surface area contributed by atoms with E-state index in [1.54, 1.807) is 0 Å². The van der Waals surface area contributed by atoms with Gasteiger partial charge in [-0.2, -0.15) is 0 Å². The van der Waals surface area contributed by atoms with Gasteiger partial charge in [0, 0.05) is 5.69 Å². The second kappa shape index (κ2) is 3.93. The van der Waals surface area contributed by atoms with E-state index in [2.05, 4.69) is 24.4 Å². The van der Waals surface area contributed by atoms with Gasteiger partial charge in [0.15, 0.2) is 0 Å². The Balaban J connectivity index is 2.24. The molecule has 1 aliphatic rings. The van der Waals surface area contributed by atoms with Crippen LogP contribution in [0.1, 0.15) is 24.5 Å². The largest absolute Gasteiger partial charge is 0.480 e. The topological polar surface area (TPSA) is 49.3 Å². The van der Waals surface area contributed by atoms with E-state index in [1.165, 1.54) is 11.1 Å². The van der Waals surface area contributed by atoms with Crippen molar-refractivity contribution in [3.8, 4) is 0 Å². The van der Waals surface area contributed by atoms with Gasteiger partial charge in [-0.1, -0.05) is 19.1 Å². The van der Waals surface area contributed by atoms with Crippen LogP contribution < -0.4 is 5.32 Å². The van der Waals surface area contributed by atoms with E-state index in [0.29, 0.717) is 6.42 Å². The summed E-state index contributed by atoms with van der Waals surface area (Å²) in [4.78, 5) is 10.8. The molecule has 1 heterocycles. The molecule has 0 spiro atoms. The Morgan fingerprint density at radius 1 is 1.60 bits per heavy atom. The van der Waals surface area contributed by atoms with Gasteiger partial charge in [0.1, 0.15) is 6.04 Å². The van der Waals surface area contributed by atoms with Crippen LogP contribution in [0.25, 0.3) is 0 Å². The third kappa shape index (κ3) is 1.96. The third-order valence-corrected chi connectivity index (χ3v) is 2.91. The highest BCUT2D eigenvalue weighted by Gasteiger charge is 2.22. The third-order valence-electron chi connectivity index (χ3n) is 2.91. The molecule has 2 N–H and O–H groups in total. The van der Waals surface area contributed by atoms with Crippen molar-refractivity contribution in [1.82, 2.24) is 0 Å². The Labute approximate surface area is 89.1 Å². The molecule has 0 aliphatic carbocycles. The zero-order chi connectivity index (χ0) is 10.8. The summed E-state index contributed by atoms with van der Waals surface area (Å²) < 4.78 is 0. The van der Waals surface area contributed by atoms with Gasteiger partial charge in [0.2, 0.25) is 0 Å². The van der Waals surface area contributed by atoms with Crippen LogP contribution in [0.2, 0.25) is 0 Å². The molecule has 2 rings (SSSR count). The molecule has 0 radical (unpaired) electrons. The average Bonchev–Trinajstić information content (AvgIpc) is 2.27. The van der Waals surface area contributed by atoms with Crippen molar-refractivity contribution in [2.75, 3.05) is 5.32 Å². The minimum Gasteiger partial charge on any atom is -0.480 e. The molecule has 0 fully saturated rings. The maximum absolute atomic E-state index is 10.8. The molecule has 1 unspecified atom stereocenters. The molecule has 3 nitrogen and oxygen atoms in total. The number of carboxylic acids is 1. The molecular formula is C12H15NO2. The number of nitrogens with one attached hydrogen (secondary N) is 1. The second-order valence-electron chi connectivity index (χ2n) is 3.92. The summed E-state index contributed by atoms with van der Waals surface area (Å²) in [5.41, 5.74) is 3.53. The summed E-state index contributed by atoms with van der Waals surface area (Å²) in [7, 11) is 0. The Kier molecular flexibility index (Phi) is 2.62. The van der Waals surface area contributed by atoms with Crippen molar-refractivity contribution in [3.05, 3.63) is 29.3 Å². The lowest BCUT2D eigenvalue weighted by Crippen LogP contribution is -2.33. The van der Waals surface area contributed by atoms with E-state index in [1.807, 2.05) is 6.07 Å². The van der Waals surface area contributed by atoms with Gasteiger partial charge in [-0.05, 0) is 36.5 Å². The van der Waals surface area contributed by atoms with E-state index >= 15 is 0 Å². The normalized spacial score (nSPS) is 19.1. The Bertz CT molecular complexity index is 387. The lowest BCUT2D eigenvalue weighted by Gasteiger charge is -2.24. The van der Waals surface area contributed by atoms with Crippen LogP contribution in [0, 0.1) is 0 Å². The smallest absolute Gasteiger partial charge is 0.326 e. The summed E-state index contributed by atoms with van der Waals surface area (Å²) in [5.74, 6) is -0.764. The van der Waals surface area contributed by atoms with E-state index in [-0.39, 0.29) is 0 Å². The molecule has 80 valence electrons. The van der Waals surface area contributed by atoms with Gasteiger partial charge >= 0.3 is 5.97 Å². The molecule has 0 saturated carbocycles. The predicted octanol–water partition coefficient (Wildman–Crippen LogP) is 2.06. The lowest BCUT2D eigenvalue weighted by molar-refractivity contribution is -0.138. The minimum absolute atomic E-state index is 0.426. The van der Waals surface area contributed by atoms with Gasteiger partial charge in [-0.3, -0.25) is 0 Å². The summed E-state index contributed by atoms with van der Waals surface area (Å²) in [6, 6.07) is 5.78. The molecule has 0 aromatic heterocycles. The number of rotatable bonds is 2. The number of carboxylic acid groups (broad SMARTS) is 1. The molecule has 0 bridgehead atoms. The number of benzene rings is 1. The number of aryl methyl sites for hydroxylation is 2. The first kappa shape index (κ1) is 10.0. The SMILES string of the molecule is CCc1ccc2c(c1)CCC(C(=O)O)N2. The molecule has 3 heteroatoms. The first-order chi connectivity index (χ1) is 7.20. The highest BCUT2D eigenvalue weighted by atomic mass is 16.4. The fourth-order valence-corrected chi connectivity index (χ4v) is 1.96. The quantitative estimate of drug-likeness (QED) is 0.777. The fraction of sp³-hybridized carbons (Fsp3) is 0.417. The predicted molar refractivity (Wildman–Crippen MR) is 59.2 cm³/mol. The lowest BCUT2D eigenvalue weighted by atomic mass is 9.96. The summed E-state index contributed by atoms with van der Waals surface area (Å²) in [5, 5.41) is 12.0. The van der Waals surface area contributed by atoms with Crippen LogP contribution in [-0.4, -0.2) is 17.1 Å². The monoisotopic (exact) mass is 205 g/mol. The minimum atomic E-state index is -0.764. The van der Waals surface area contributed by atoms with Gasteiger partial charge in [0.25, 0.3) is 0 Å². The highest BCUT2D eigenvalue weighted by Crippen LogP contribution is 2.26. The molecular weight excluding hydrogens is 190 g/mol. The average molecular weight is 205 g/mol. The molecule has 1 aromatic carbocycles. The number of anilines is 1. The van der Waals surface area contributed by atoms with Crippen molar-refractivity contribution in [1.29, 1.82) is 0 Å². The van der Waals surface area contributed by atoms with Crippen LogP contribution in [0.3, 0.4) is 0 Å². The molecule has 0 saturated heterocycles. The summed E-state index contributed by atoms with van der Waals surface area (Å²) >= 11 is 0. The van der Waals surface area contributed by atoms with Crippen LogP contribution in [0.15, 0.2) is 18.2 Å². The Hall–Kier alpha value is -1.51. The van der Waals surface area contributed by atoms with Gasteiger partial charge < -0.3 is 10.4 Å².